The minimum absolute atomic E-state index is 0.129. The molecule has 2 aromatic heterocycles. The lowest BCUT2D eigenvalue weighted by Crippen LogP contribution is -2.09. The van der Waals surface area contributed by atoms with Crippen molar-refractivity contribution in [3.63, 3.8) is 0 Å². The Hall–Kier alpha value is -2.38. The summed E-state index contributed by atoms with van der Waals surface area (Å²) in [7, 11) is 1.90. The molecule has 2 heterocycles. The molecule has 19 heavy (non-hydrogen) atoms. The molecular formula is C11H17N7O. The maximum absolute atomic E-state index is 5.59. The molecule has 0 fully saturated rings. The van der Waals surface area contributed by atoms with Gasteiger partial charge in [0.25, 0.3) is 0 Å². The molecule has 0 aliphatic heterocycles. The summed E-state index contributed by atoms with van der Waals surface area (Å²) in [5.41, 5.74) is 7.75. The van der Waals surface area contributed by atoms with Crippen LogP contribution in [-0.2, 0) is 13.6 Å². The average Bonchev–Trinajstić information content (AvgIpc) is 2.67. The molecule has 0 unspecified atom stereocenters. The summed E-state index contributed by atoms with van der Waals surface area (Å²) >= 11 is 0. The summed E-state index contributed by atoms with van der Waals surface area (Å²) in [5.74, 6) is 0.517. The quantitative estimate of drug-likeness (QED) is 0.809. The van der Waals surface area contributed by atoms with Crippen LogP contribution in [0.3, 0.4) is 0 Å². The second-order valence-electron chi connectivity index (χ2n) is 3.97. The summed E-state index contributed by atoms with van der Waals surface area (Å²) < 4.78 is 7.02. The third-order valence-corrected chi connectivity index (χ3v) is 2.68. The zero-order valence-electron chi connectivity index (χ0n) is 11.2. The zero-order valence-corrected chi connectivity index (χ0v) is 11.2. The van der Waals surface area contributed by atoms with E-state index >= 15 is 0 Å². The van der Waals surface area contributed by atoms with E-state index in [1.807, 2.05) is 25.6 Å². The Bertz CT molecular complexity index is 566. The first-order valence-electron chi connectivity index (χ1n) is 5.96. The van der Waals surface area contributed by atoms with Crippen LogP contribution >= 0.6 is 0 Å². The molecular weight excluding hydrogens is 246 g/mol. The van der Waals surface area contributed by atoms with Gasteiger partial charge < -0.3 is 15.8 Å². The van der Waals surface area contributed by atoms with Crippen molar-refractivity contribution in [2.75, 3.05) is 17.7 Å². The van der Waals surface area contributed by atoms with Crippen LogP contribution in [0.4, 0.5) is 11.9 Å². The Morgan fingerprint density at radius 2 is 2.16 bits per heavy atom. The Labute approximate surface area is 111 Å². The van der Waals surface area contributed by atoms with Gasteiger partial charge in [-0.1, -0.05) is 0 Å². The number of nitrogens with zero attached hydrogens (tertiary/aromatic N) is 5. The van der Waals surface area contributed by atoms with E-state index in [2.05, 4.69) is 25.4 Å². The van der Waals surface area contributed by atoms with Crippen LogP contribution in [0, 0.1) is 6.92 Å². The van der Waals surface area contributed by atoms with Crippen molar-refractivity contribution < 1.29 is 4.74 Å². The molecule has 0 bridgehead atoms. The lowest BCUT2D eigenvalue weighted by atomic mass is 10.2. The molecule has 102 valence electrons. The number of hydrogen-bond donors (Lipinski definition) is 2. The number of ether oxygens (including phenoxy) is 1. The van der Waals surface area contributed by atoms with Gasteiger partial charge in [-0.25, -0.2) is 0 Å². The first-order valence-corrected chi connectivity index (χ1v) is 5.96. The number of anilines is 2. The van der Waals surface area contributed by atoms with E-state index < -0.39 is 0 Å². The third-order valence-electron chi connectivity index (χ3n) is 2.68. The van der Waals surface area contributed by atoms with Crippen molar-refractivity contribution in [1.82, 2.24) is 24.7 Å². The van der Waals surface area contributed by atoms with Gasteiger partial charge in [-0.15, -0.1) is 0 Å². The van der Waals surface area contributed by atoms with Gasteiger partial charge in [0.05, 0.1) is 12.8 Å². The predicted octanol–water partition coefficient (Wildman–Crippen LogP) is 0.507. The Kier molecular flexibility index (Phi) is 3.79. The van der Waals surface area contributed by atoms with Crippen molar-refractivity contribution in [3.05, 3.63) is 17.5 Å². The van der Waals surface area contributed by atoms with Gasteiger partial charge >= 0.3 is 6.01 Å². The van der Waals surface area contributed by atoms with E-state index in [9.17, 15) is 0 Å². The summed E-state index contributed by atoms with van der Waals surface area (Å²) in [6.45, 7) is 4.89. The maximum Gasteiger partial charge on any atom is 0.323 e. The Balaban J connectivity index is 2.08. The van der Waals surface area contributed by atoms with Gasteiger partial charge in [0.1, 0.15) is 0 Å². The topological polar surface area (TPSA) is 104 Å². The fraction of sp³-hybridized carbons (Fsp3) is 0.455. The molecule has 0 aliphatic rings. The highest BCUT2D eigenvalue weighted by Crippen LogP contribution is 2.11. The number of aromatic nitrogens is 5. The molecule has 0 aromatic carbocycles. The fourth-order valence-corrected chi connectivity index (χ4v) is 1.54. The van der Waals surface area contributed by atoms with Gasteiger partial charge in [0, 0.05) is 24.8 Å². The van der Waals surface area contributed by atoms with Gasteiger partial charge in [0.15, 0.2) is 0 Å². The van der Waals surface area contributed by atoms with Crippen molar-refractivity contribution in [3.8, 4) is 6.01 Å². The molecule has 2 aromatic rings. The van der Waals surface area contributed by atoms with Crippen LogP contribution in [-0.4, -0.2) is 31.3 Å². The lowest BCUT2D eigenvalue weighted by molar-refractivity contribution is 0.312. The van der Waals surface area contributed by atoms with E-state index in [0.29, 0.717) is 19.1 Å². The average molecular weight is 263 g/mol. The van der Waals surface area contributed by atoms with Crippen LogP contribution in [0.5, 0.6) is 6.01 Å². The maximum atomic E-state index is 5.59. The smallest absolute Gasteiger partial charge is 0.323 e. The first kappa shape index (κ1) is 13.1. The van der Waals surface area contributed by atoms with Gasteiger partial charge in [-0.05, 0) is 13.8 Å². The second kappa shape index (κ2) is 5.51. The number of aryl methyl sites for hydroxylation is 1. The summed E-state index contributed by atoms with van der Waals surface area (Å²) in [5, 5.41) is 7.25. The van der Waals surface area contributed by atoms with E-state index in [4.69, 9.17) is 10.5 Å². The van der Waals surface area contributed by atoms with Crippen LogP contribution < -0.4 is 15.8 Å². The van der Waals surface area contributed by atoms with Crippen LogP contribution in [0.2, 0.25) is 0 Å². The third kappa shape index (κ3) is 3.09. The fourth-order valence-electron chi connectivity index (χ4n) is 1.54. The van der Waals surface area contributed by atoms with E-state index in [1.54, 1.807) is 6.20 Å². The van der Waals surface area contributed by atoms with Crippen molar-refractivity contribution >= 4 is 11.9 Å². The molecule has 3 N–H and O–H groups in total. The molecule has 0 saturated carbocycles. The molecule has 0 atom stereocenters. The second-order valence-corrected chi connectivity index (χ2v) is 3.97. The zero-order chi connectivity index (χ0) is 13.8. The number of rotatable bonds is 5. The Morgan fingerprint density at radius 3 is 2.79 bits per heavy atom. The van der Waals surface area contributed by atoms with Crippen molar-refractivity contribution in [1.29, 1.82) is 0 Å². The number of nitrogens with two attached hydrogens (primary N) is 1. The van der Waals surface area contributed by atoms with Crippen LogP contribution in [0.25, 0.3) is 0 Å². The number of nitrogen functional groups attached to an aromatic ring is 1. The summed E-state index contributed by atoms with van der Waals surface area (Å²) in [6, 6.07) is 0.223. The van der Waals surface area contributed by atoms with Crippen LogP contribution in [0.1, 0.15) is 18.2 Å². The SMILES string of the molecule is CCOc1nc(N)nc(NCc2cnn(C)c2C)n1. The minimum atomic E-state index is 0.129. The molecule has 0 spiro atoms. The van der Waals surface area contributed by atoms with Gasteiger partial charge in [-0.3, -0.25) is 4.68 Å². The highest BCUT2D eigenvalue weighted by atomic mass is 16.5. The normalized spacial score (nSPS) is 10.5. The van der Waals surface area contributed by atoms with Crippen molar-refractivity contribution in [2.24, 2.45) is 7.05 Å². The molecule has 8 heteroatoms. The molecule has 2 rings (SSSR count). The lowest BCUT2D eigenvalue weighted by Gasteiger charge is -2.07. The standard InChI is InChI=1S/C11H17N7O/c1-4-19-11-16-9(12)15-10(17-11)13-5-8-6-14-18(3)7(8)2/h6H,4-5H2,1-3H3,(H3,12,13,15,16,17). The van der Waals surface area contributed by atoms with Crippen LogP contribution in [0.15, 0.2) is 6.20 Å². The van der Waals surface area contributed by atoms with E-state index in [1.165, 1.54) is 0 Å². The monoisotopic (exact) mass is 263 g/mol. The Morgan fingerprint density at radius 1 is 1.37 bits per heavy atom. The summed E-state index contributed by atoms with van der Waals surface area (Å²) in [6.07, 6.45) is 1.80. The largest absolute Gasteiger partial charge is 0.464 e. The van der Waals surface area contributed by atoms with E-state index in [-0.39, 0.29) is 12.0 Å². The van der Waals surface area contributed by atoms with Gasteiger partial charge in [0.2, 0.25) is 11.9 Å². The van der Waals surface area contributed by atoms with E-state index in [0.717, 1.165) is 11.3 Å². The molecule has 0 saturated heterocycles. The van der Waals surface area contributed by atoms with Gasteiger partial charge in [-0.2, -0.15) is 20.1 Å². The highest BCUT2D eigenvalue weighted by molar-refractivity contribution is 5.34. The molecule has 8 nitrogen and oxygen atoms in total. The summed E-state index contributed by atoms with van der Waals surface area (Å²) in [4.78, 5) is 12.0. The highest BCUT2D eigenvalue weighted by Gasteiger charge is 2.07. The first-order chi connectivity index (χ1) is 9.10. The number of hydrogen-bond acceptors (Lipinski definition) is 7. The molecule has 0 aliphatic carbocycles. The predicted molar refractivity (Wildman–Crippen MR) is 70.7 cm³/mol. The van der Waals surface area contributed by atoms with Crippen molar-refractivity contribution in [2.45, 2.75) is 20.4 Å². The molecule has 0 radical (unpaired) electrons. The minimum Gasteiger partial charge on any atom is -0.464 e. The molecule has 0 amide bonds. The number of nitrogens with one attached hydrogen (secondary N) is 1.